The van der Waals surface area contributed by atoms with Crippen molar-refractivity contribution >= 4 is 44.6 Å². The first-order chi connectivity index (χ1) is 9.92. The molecule has 0 bridgehead atoms. The maximum atomic E-state index is 12.6. The monoisotopic (exact) mass is 365 g/mol. The zero-order valence-corrected chi connectivity index (χ0v) is 14.7. The van der Waals surface area contributed by atoms with Crippen molar-refractivity contribution in [2.24, 2.45) is 0 Å². The number of thiazole rings is 1. The predicted octanol–water partition coefficient (Wildman–Crippen LogP) is 1.55. The summed E-state index contributed by atoms with van der Waals surface area (Å²) in [6.45, 7) is 1.07. The largest absolute Gasteiger partial charge is 0.317 e. The van der Waals surface area contributed by atoms with Crippen LogP contribution in [0.15, 0.2) is 5.38 Å². The lowest BCUT2D eigenvalue weighted by atomic mass is 9.96. The van der Waals surface area contributed by atoms with E-state index in [1.807, 2.05) is 5.38 Å². The van der Waals surface area contributed by atoms with Gasteiger partial charge in [-0.05, 0) is 38.8 Å². The number of carbonyl (C=O) groups is 1. The molecule has 1 aliphatic heterocycles. The zero-order valence-electron chi connectivity index (χ0n) is 12.3. The molecule has 0 atom stereocenters. The van der Waals surface area contributed by atoms with Crippen LogP contribution in [0.1, 0.15) is 37.3 Å². The summed E-state index contributed by atoms with van der Waals surface area (Å²) in [7, 11) is -3.48. The summed E-state index contributed by atoms with van der Waals surface area (Å²) in [6.07, 6.45) is 4.05. The Bertz CT molecular complexity index is 649. The Morgan fingerprint density at radius 3 is 2.59 bits per heavy atom. The van der Waals surface area contributed by atoms with Crippen LogP contribution in [0.4, 0.5) is 5.13 Å². The normalized spacial score (nSPS) is 21.0. The minimum atomic E-state index is -3.48. The van der Waals surface area contributed by atoms with Gasteiger partial charge in [0.15, 0.2) is 19.7 Å². The number of rotatable bonds is 4. The van der Waals surface area contributed by atoms with Crippen molar-refractivity contribution in [1.29, 1.82) is 0 Å². The number of sulfone groups is 1. The number of halogens is 1. The van der Waals surface area contributed by atoms with Gasteiger partial charge in [0, 0.05) is 17.6 Å². The summed E-state index contributed by atoms with van der Waals surface area (Å²) in [6, 6.07) is 0. The maximum Gasteiger partial charge on any atom is 0.247 e. The molecule has 1 aromatic rings. The number of hydrogen-bond donors (Lipinski definition) is 2. The summed E-state index contributed by atoms with van der Waals surface area (Å²) in [5.74, 6) is 0.0813. The lowest BCUT2D eigenvalue weighted by molar-refractivity contribution is -0.119. The van der Waals surface area contributed by atoms with Crippen LogP contribution in [0, 0.1) is 0 Å². The van der Waals surface area contributed by atoms with Crippen molar-refractivity contribution < 1.29 is 13.2 Å². The molecule has 9 heteroatoms. The van der Waals surface area contributed by atoms with E-state index in [0.717, 1.165) is 24.8 Å². The summed E-state index contributed by atoms with van der Waals surface area (Å²) in [4.78, 5) is 17.0. The molecule has 1 saturated carbocycles. The fourth-order valence-corrected chi connectivity index (χ4v) is 4.84. The van der Waals surface area contributed by atoms with E-state index in [4.69, 9.17) is 0 Å². The van der Waals surface area contributed by atoms with Gasteiger partial charge in [0.05, 0.1) is 5.69 Å². The highest BCUT2D eigenvalue weighted by Crippen LogP contribution is 2.41. The molecule has 22 heavy (non-hydrogen) atoms. The molecular weight excluding hydrogens is 346 g/mol. The van der Waals surface area contributed by atoms with Gasteiger partial charge in [-0.2, -0.15) is 0 Å². The fraction of sp³-hybridized carbons (Fsp3) is 0.692. The van der Waals surface area contributed by atoms with Crippen LogP contribution in [-0.2, 0) is 14.6 Å². The first-order valence-corrected chi connectivity index (χ1v) is 9.87. The number of nitrogens with zero attached hydrogens (tertiary/aromatic N) is 1. The lowest BCUT2D eigenvalue weighted by Crippen LogP contribution is -2.55. The number of carbonyl (C=O) groups excluding carboxylic acids is 1. The van der Waals surface area contributed by atoms with Gasteiger partial charge in [-0.1, -0.05) is 0 Å². The Kier molecular flexibility index (Phi) is 5.16. The van der Waals surface area contributed by atoms with Gasteiger partial charge in [0.25, 0.3) is 0 Å². The van der Waals surface area contributed by atoms with E-state index in [9.17, 15) is 13.2 Å². The third kappa shape index (κ3) is 3.29. The number of amides is 1. The predicted molar refractivity (Wildman–Crippen MR) is 89.6 cm³/mol. The van der Waals surface area contributed by atoms with E-state index in [-0.39, 0.29) is 12.4 Å². The van der Waals surface area contributed by atoms with Gasteiger partial charge in [-0.25, -0.2) is 13.4 Å². The molecule has 0 aromatic carbocycles. The molecule has 1 aliphatic carbocycles. The minimum Gasteiger partial charge on any atom is -0.317 e. The molecule has 0 radical (unpaired) electrons. The van der Waals surface area contributed by atoms with Crippen molar-refractivity contribution in [2.75, 3.05) is 24.7 Å². The molecule has 2 N–H and O–H groups in total. The van der Waals surface area contributed by atoms with Crippen molar-refractivity contribution in [2.45, 2.75) is 36.3 Å². The van der Waals surface area contributed by atoms with Crippen molar-refractivity contribution in [1.82, 2.24) is 10.3 Å². The third-order valence-corrected chi connectivity index (χ3v) is 7.06. The smallest absolute Gasteiger partial charge is 0.247 e. The van der Waals surface area contributed by atoms with E-state index in [1.54, 1.807) is 0 Å². The zero-order chi connectivity index (χ0) is 15.1. The summed E-state index contributed by atoms with van der Waals surface area (Å²) in [5.41, 5.74) is 1.01. The molecule has 124 valence electrons. The lowest BCUT2D eigenvalue weighted by Gasteiger charge is -2.33. The second-order valence-corrected chi connectivity index (χ2v) is 9.01. The molecule has 2 aliphatic rings. The van der Waals surface area contributed by atoms with Gasteiger partial charge in [0.2, 0.25) is 5.91 Å². The maximum absolute atomic E-state index is 12.6. The van der Waals surface area contributed by atoms with Gasteiger partial charge in [-0.15, -0.1) is 23.7 Å². The third-order valence-electron chi connectivity index (χ3n) is 4.27. The second kappa shape index (κ2) is 6.43. The second-order valence-electron chi connectivity index (χ2n) is 5.82. The molecule has 3 rings (SSSR count). The van der Waals surface area contributed by atoms with Gasteiger partial charge >= 0.3 is 0 Å². The van der Waals surface area contributed by atoms with E-state index in [0.29, 0.717) is 37.0 Å². The molecule has 6 nitrogen and oxygen atoms in total. The molecule has 1 amide bonds. The highest BCUT2D eigenvalue weighted by Gasteiger charge is 2.48. The molecule has 2 heterocycles. The van der Waals surface area contributed by atoms with Crippen LogP contribution in [0.3, 0.4) is 0 Å². The first kappa shape index (κ1) is 17.7. The SMILES string of the molecule is CS(=O)(=O)C1(C(=O)Nc2nc(C3CC3)cs2)CCNCC1.Cl. The van der Waals surface area contributed by atoms with Gasteiger partial charge < -0.3 is 10.6 Å². The average molecular weight is 366 g/mol. The Morgan fingerprint density at radius 2 is 2.05 bits per heavy atom. The van der Waals surface area contributed by atoms with Crippen molar-refractivity contribution in [3.8, 4) is 0 Å². The quantitative estimate of drug-likeness (QED) is 0.845. The van der Waals surface area contributed by atoms with Crippen LogP contribution in [0.5, 0.6) is 0 Å². The number of anilines is 1. The van der Waals surface area contributed by atoms with Crippen LogP contribution in [0.25, 0.3) is 0 Å². The number of hydrogen-bond acceptors (Lipinski definition) is 6. The van der Waals surface area contributed by atoms with Crippen LogP contribution in [-0.4, -0.2) is 43.4 Å². The molecule has 1 saturated heterocycles. The summed E-state index contributed by atoms with van der Waals surface area (Å²) < 4.78 is 23.0. The molecule has 2 fully saturated rings. The van der Waals surface area contributed by atoms with Crippen LogP contribution in [0.2, 0.25) is 0 Å². The number of piperidine rings is 1. The van der Waals surface area contributed by atoms with Gasteiger partial charge in [-0.3, -0.25) is 4.79 Å². The Balaban J connectivity index is 0.00000176. The fourth-order valence-electron chi connectivity index (χ4n) is 2.72. The highest BCUT2D eigenvalue weighted by molar-refractivity contribution is 7.92. The van der Waals surface area contributed by atoms with E-state index >= 15 is 0 Å². The Morgan fingerprint density at radius 1 is 1.41 bits per heavy atom. The van der Waals surface area contributed by atoms with Crippen LogP contribution < -0.4 is 10.6 Å². The highest BCUT2D eigenvalue weighted by atomic mass is 35.5. The number of nitrogens with one attached hydrogen (secondary N) is 2. The Hall–Kier alpha value is -0.700. The summed E-state index contributed by atoms with van der Waals surface area (Å²) >= 11 is 1.37. The van der Waals surface area contributed by atoms with Crippen LogP contribution >= 0.6 is 23.7 Å². The van der Waals surface area contributed by atoms with E-state index in [1.165, 1.54) is 11.3 Å². The molecule has 0 spiro atoms. The number of aromatic nitrogens is 1. The van der Waals surface area contributed by atoms with E-state index < -0.39 is 20.5 Å². The Labute approximate surface area is 140 Å². The van der Waals surface area contributed by atoms with Gasteiger partial charge in [0.1, 0.15) is 0 Å². The molecular formula is C13H20ClN3O3S2. The average Bonchev–Trinajstić information content (AvgIpc) is 3.19. The molecule has 0 unspecified atom stereocenters. The molecule has 1 aromatic heterocycles. The summed E-state index contributed by atoms with van der Waals surface area (Å²) in [5, 5.41) is 8.27. The topological polar surface area (TPSA) is 88.2 Å². The van der Waals surface area contributed by atoms with Crippen molar-refractivity contribution in [3.63, 3.8) is 0 Å². The first-order valence-electron chi connectivity index (χ1n) is 7.09. The minimum absolute atomic E-state index is 0. The van der Waals surface area contributed by atoms with Crippen molar-refractivity contribution in [3.05, 3.63) is 11.1 Å². The standard InChI is InChI=1S/C13H19N3O3S2.ClH/c1-21(18,19)13(4-6-14-7-5-13)11(17)16-12-15-10(8-20-12)9-2-3-9;/h8-9,14H,2-7H2,1H3,(H,15,16,17);1H. The van der Waals surface area contributed by atoms with E-state index in [2.05, 4.69) is 15.6 Å².